The number of carbonyl (C=O) groups excluding carboxylic acids is 2. The van der Waals surface area contributed by atoms with E-state index in [2.05, 4.69) is 5.32 Å². The molecule has 0 saturated carbocycles. The predicted octanol–water partition coefficient (Wildman–Crippen LogP) is 3.20. The van der Waals surface area contributed by atoms with E-state index in [0.29, 0.717) is 17.9 Å². The van der Waals surface area contributed by atoms with Crippen LogP contribution in [0.15, 0.2) is 48.5 Å². The zero-order valence-corrected chi connectivity index (χ0v) is 15.2. The zero-order chi connectivity index (χ0) is 18.9. The summed E-state index contributed by atoms with van der Waals surface area (Å²) in [5, 5.41) is 2.83. The fraction of sp³-hybridized carbons (Fsp3) is 0.300. The second kappa shape index (κ2) is 9.58. The van der Waals surface area contributed by atoms with Crippen molar-refractivity contribution in [3.05, 3.63) is 59.7 Å². The molecule has 2 rings (SSSR count). The second-order valence-electron chi connectivity index (χ2n) is 5.76. The fourth-order valence-corrected chi connectivity index (χ4v) is 2.12. The van der Waals surface area contributed by atoms with Crippen LogP contribution in [0.3, 0.4) is 0 Å². The molecule has 0 aliphatic carbocycles. The van der Waals surface area contributed by atoms with E-state index in [1.165, 1.54) is 7.11 Å². The SMILES string of the molecule is COCCOC(=O)[C@@H](C)Oc1ccc(C(=O)Nc2ccc(C)cc2)cc1. The number of ether oxygens (including phenoxy) is 3. The van der Waals surface area contributed by atoms with Crippen LogP contribution in [0.5, 0.6) is 5.75 Å². The van der Waals surface area contributed by atoms with Crippen LogP contribution < -0.4 is 10.1 Å². The van der Waals surface area contributed by atoms with E-state index in [4.69, 9.17) is 14.2 Å². The lowest BCUT2D eigenvalue weighted by atomic mass is 10.2. The van der Waals surface area contributed by atoms with Gasteiger partial charge in [0, 0.05) is 18.4 Å². The summed E-state index contributed by atoms with van der Waals surface area (Å²) in [6.07, 6.45) is -0.751. The van der Waals surface area contributed by atoms with E-state index in [1.807, 2.05) is 31.2 Å². The monoisotopic (exact) mass is 357 g/mol. The Hall–Kier alpha value is -2.86. The minimum atomic E-state index is -0.751. The normalized spacial score (nSPS) is 11.5. The summed E-state index contributed by atoms with van der Waals surface area (Å²) in [4.78, 5) is 24.0. The molecule has 0 bridgehead atoms. The Balaban J connectivity index is 1.89. The Kier molecular flexibility index (Phi) is 7.17. The van der Waals surface area contributed by atoms with Gasteiger partial charge in [-0.05, 0) is 50.2 Å². The van der Waals surface area contributed by atoms with Crippen LogP contribution in [-0.4, -0.2) is 38.3 Å². The topological polar surface area (TPSA) is 73.9 Å². The number of esters is 1. The van der Waals surface area contributed by atoms with Crippen molar-refractivity contribution < 1.29 is 23.8 Å². The summed E-state index contributed by atoms with van der Waals surface area (Å²) >= 11 is 0. The lowest BCUT2D eigenvalue weighted by molar-refractivity contribution is -0.152. The maximum absolute atomic E-state index is 12.2. The van der Waals surface area contributed by atoms with Gasteiger partial charge in [0.05, 0.1) is 6.61 Å². The van der Waals surface area contributed by atoms with Crippen LogP contribution in [0.2, 0.25) is 0 Å². The van der Waals surface area contributed by atoms with Crippen molar-refractivity contribution in [3.8, 4) is 5.75 Å². The van der Waals surface area contributed by atoms with Gasteiger partial charge in [-0.3, -0.25) is 4.79 Å². The number of anilines is 1. The van der Waals surface area contributed by atoms with E-state index in [9.17, 15) is 9.59 Å². The fourth-order valence-electron chi connectivity index (χ4n) is 2.12. The smallest absolute Gasteiger partial charge is 0.347 e. The number of methoxy groups -OCH3 is 1. The molecule has 26 heavy (non-hydrogen) atoms. The zero-order valence-electron chi connectivity index (χ0n) is 15.2. The van der Waals surface area contributed by atoms with Crippen LogP contribution in [0.4, 0.5) is 5.69 Å². The van der Waals surface area contributed by atoms with E-state index < -0.39 is 12.1 Å². The molecule has 6 nitrogen and oxygen atoms in total. The third-order valence-electron chi connectivity index (χ3n) is 3.60. The Morgan fingerprint density at radius 1 is 1.00 bits per heavy atom. The van der Waals surface area contributed by atoms with Gasteiger partial charge in [0.15, 0.2) is 6.10 Å². The van der Waals surface area contributed by atoms with Crippen molar-refractivity contribution in [3.63, 3.8) is 0 Å². The third kappa shape index (κ3) is 5.89. The van der Waals surface area contributed by atoms with Crippen molar-refractivity contribution >= 4 is 17.6 Å². The summed E-state index contributed by atoms with van der Waals surface area (Å²) in [6.45, 7) is 4.11. The van der Waals surface area contributed by atoms with Gasteiger partial charge in [0.2, 0.25) is 0 Å². The van der Waals surface area contributed by atoms with E-state index in [0.717, 1.165) is 11.3 Å². The summed E-state index contributed by atoms with van der Waals surface area (Å²) in [5.74, 6) is -0.205. The summed E-state index contributed by atoms with van der Waals surface area (Å²) in [6, 6.07) is 14.1. The number of hydrogen-bond donors (Lipinski definition) is 1. The molecule has 1 amide bonds. The van der Waals surface area contributed by atoms with Crippen molar-refractivity contribution in [1.29, 1.82) is 0 Å². The molecular weight excluding hydrogens is 334 g/mol. The summed E-state index contributed by atoms with van der Waals surface area (Å²) in [7, 11) is 1.53. The first kappa shape index (κ1) is 19.5. The highest BCUT2D eigenvalue weighted by Crippen LogP contribution is 2.16. The van der Waals surface area contributed by atoms with Crippen LogP contribution in [0.1, 0.15) is 22.8 Å². The quantitative estimate of drug-likeness (QED) is 0.580. The van der Waals surface area contributed by atoms with Gasteiger partial charge in [-0.15, -0.1) is 0 Å². The Morgan fingerprint density at radius 3 is 2.27 bits per heavy atom. The van der Waals surface area contributed by atoms with Crippen molar-refractivity contribution in [2.75, 3.05) is 25.6 Å². The molecule has 1 N–H and O–H groups in total. The molecule has 0 radical (unpaired) electrons. The van der Waals surface area contributed by atoms with Gasteiger partial charge in [-0.1, -0.05) is 17.7 Å². The molecule has 2 aromatic rings. The predicted molar refractivity (Wildman–Crippen MR) is 98.5 cm³/mol. The van der Waals surface area contributed by atoms with Crippen LogP contribution in [-0.2, 0) is 14.3 Å². The molecule has 0 aliphatic rings. The van der Waals surface area contributed by atoms with Crippen molar-refractivity contribution in [2.45, 2.75) is 20.0 Å². The number of aryl methyl sites for hydroxylation is 1. The van der Waals surface area contributed by atoms with Gasteiger partial charge in [0.25, 0.3) is 5.91 Å². The molecule has 0 aromatic heterocycles. The first-order valence-electron chi connectivity index (χ1n) is 8.30. The first-order chi connectivity index (χ1) is 12.5. The number of amides is 1. The standard InChI is InChI=1S/C20H23NO5/c1-14-4-8-17(9-5-14)21-19(22)16-6-10-18(11-7-16)26-15(2)20(23)25-13-12-24-3/h4-11,15H,12-13H2,1-3H3,(H,21,22)/t15-/m1/s1. The number of nitrogens with one attached hydrogen (secondary N) is 1. The van der Waals surface area contributed by atoms with Gasteiger partial charge < -0.3 is 19.5 Å². The number of rotatable bonds is 8. The van der Waals surface area contributed by atoms with E-state index in [-0.39, 0.29) is 12.5 Å². The highest BCUT2D eigenvalue weighted by Gasteiger charge is 2.16. The summed E-state index contributed by atoms with van der Waals surface area (Å²) < 4.78 is 15.3. The van der Waals surface area contributed by atoms with Gasteiger partial charge >= 0.3 is 5.97 Å². The van der Waals surface area contributed by atoms with Crippen LogP contribution in [0.25, 0.3) is 0 Å². The van der Waals surface area contributed by atoms with E-state index >= 15 is 0 Å². The van der Waals surface area contributed by atoms with E-state index in [1.54, 1.807) is 31.2 Å². The maximum atomic E-state index is 12.2. The van der Waals surface area contributed by atoms with Crippen LogP contribution >= 0.6 is 0 Å². The highest BCUT2D eigenvalue weighted by atomic mass is 16.6. The molecule has 6 heteroatoms. The van der Waals surface area contributed by atoms with Crippen molar-refractivity contribution in [1.82, 2.24) is 0 Å². The molecule has 1 atom stereocenters. The highest BCUT2D eigenvalue weighted by molar-refractivity contribution is 6.04. The second-order valence-corrected chi connectivity index (χ2v) is 5.76. The molecule has 0 unspecified atom stereocenters. The van der Waals surface area contributed by atoms with Gasteiger partial charge in [-0.2, -0.15) is 0 Å². The minimum Gasteiger partial charge on any atom is -0.479 e. The lowest BCUT2D eigenvalue weighted by Crippen LogP contribution is -2.27. The lowest BCUT2D eigenvalue weighted by Gasteiger charge is -2.14. The molecule has 2 aromatic carbocycles. The molecule has 0 fully saturated rings. The minimum absolute atomic E-state index is 0.182. The maximum Gasteiger partial charge on any atom is 0.347 e. The van der Waals surface area contributed by atoms with Crippen LogP contribution in [0, 0.1) is 6.92 Å². The average molecular weight is 357 g/mol. The Morgan fingerprint density at radius 2 is 1.65 bits per heavy atom. The molecule has 0 aliphatic heterocycles. The molecule has 0 saturated heterocycles. The van der Waals surface area contributed by atoms with Crippen molar-refractivity contribution in [2.24, 2.45) is 0 Å². The first-order valence-corrected chi connectivity index (χ1v) is 8.30. The molecule has 0 spiro atoms. The molecular formula is C20H23NO5. The summed E-state index contributed by atoms with van der Waals surface area (Å²) in [5.41, 5.74) is 2.35. The molecule has 0 heterocycles. The Bertz CT molecular complexity index is 725. The average Bonchev–Trinajstić information content (AvgIpc) is 2.64. The number of carbonyl (C=O) groups is 2. The number of hydrogen-bond acceptors (Lipinski definition) is 5. The molecule has 138 valence electrons. The Labute approximate surface area is 153 Å². The third-order valence-corrected chi connectivity index (χ3v) is 3.60. The number of benzene rings is 2. The van der Waals surface area contributed by atoms with Gasteiger partial charge in [-0.25, -0.2) is 4.79 Å². The van der Waals surface area contributed by atoms with Gasteiger partial charge in [0.1, 0.15) is 12.4 Å². The largest absolute Gasteiger partial charge is 0.479 e.